The van der Waals surface area contributed by atoms with Crippen LogP contribution in [-0.2, 0) is 0 Å². The van der Waals surface area contributed by atoms with E-state index in [1.54, 1.807) is 0 Å². The van der Waals surface area contributed by atoms with Gasteiger partial charge >= 0.3 is 0 Å². The lowest BCUT2D eigenvalue weighted by Crippen LogP contribution is -3.24. The Kier molecular flexibility index (Phi) is 11.2. The number of aliphatic imine (C=N–C) groups is 1. The highest BCUT2D eigenvalue weighted by molar-refractivity contribution is 5.75. The maximum Gasteiger partial charge on any atom is 0.220 e. The Morgan fingerprint density at radius 3 is 2.53 bits per heavy atom. The molecular formula is C24H48N5O+. The summed E-state index contributed by atoms with van der Waals surface area (Å²) in [4.78, 5) is 7.97. The van der Waals surface area contributed by atoms with Crippen molar-refractivity contribution < 1.29 is 10.0 Å². The van der Waals surface area contributed by atoms with Crippen molar-refractivity contribution >= 4 is 5.96 Å². The number of nitrogens with zero attached hydrogens (tertiary/aromatic N) is 2. The maximum absolute atomic E-state index is 11.3. The normalized spacial score (nSPS) is 26.3. The predicted molar refractivity (Wildman–Crippen MR) is 126 cm³/mol. The zero-order valence-corrected chi connectivity index (χ0v) is 19.6. The molecule has 0 radical (unpaired) electrons. The second-order valence-electron chi connectivity index (χ2n) is 9.81. The topological polar surface area (TPSA) is 92.3 Å². The molecule has 6 nitrogen and oxygen atoms in total. The Bertz CT molecular complexity index is 532. The SMILES string of the molecule is CC(C)CCCCCCCCC1(O)C=CC2N(CCCCCN=C(N)N)CCC[NH+]21. The third kappa shape index (κ3) is 8.56. The molecule has 174 valence electrons. The second kappa shape index (κ2) is 13.3. The van der Waals surface area contributed by atoms with Crippen LogP contribution in [0.1, 0.15) is 90.9 Å². The molecule has 2 heterocycles. The van der Waals surface area contributed by atoms with Crippen LogP contribution >= 0.6 is 0 Å². The van der Waals surface area contributed by atoms with Crippen LogP contribution < -0.4 is 16.4 Å². The van der Waals surface area contributed by atoms with Crippen LogP contribution in [0.15, 0.2) is 17.1 Å². The minimum Gasteiger partial charge on any atom is -0.370 e. The van der Waals surface area contributed by atoms with E-state index >= 15 is 0 Å². The van der Waals surface area contributed by atoms with Crippen molar-refractivity contribution in [2.75, 3.05) is 26.2 Å². The number of hydrogen-bond acceptors (Lipinski definition) is 3. The smallest absolute Gasteiger partial charge is 0.220 e. The molecule has 0 aromatic heterocycles. The summed E-state index contributed by atoms with van der Waals surface area (Å²) in [6.45, 7) is 8.64. The van der Waals surface area contributed by atoms with E-state index in [-0.39, 0.29) is 5.96 Å². The molecule has 3 unspecified atom stereocenters. The molecule has 2 aliphatic heterocycles. The first-order chi connectivity index (χ1) is 14.4. The first-order valence-electron chi connectivity index (χ1n) is 12.5. The van der Waals surface area contributed by atoms with Gasteiger partial charge in [-0.2, -0.15) is 0 Å². The lowest BCUT2D eigenvalue weighted by molar-refractivity contribution is -0.995. The number of aliphatic hydroxyl groups is 1. The van der Waals surface area contributed by atoms with Gasteiger partial charge in [-0.1, -0.05) is 58.8 Å². The third-order valence-corrected chi connectivity index (χ3v) is 6.74. The van der Waals surface area contributed by atoms with Crippen molar-refractivity contribution in [3.63, 3.8) is 0 Å². The Morgan fingerprint density at radius 1 is 1.10 bits per heavy atom. The van der Waals surface area contributed by atoms with Gasteiger partial charge in [-0.25, -0.2) is 0 Å². The van der Waals surface area contributed by atoms with Crippen LogP contribution in [0.4, 0.5) is 0 Å². The fourth-order valence-corrected chi connectivity index (χ4v) is 5.01. The van der Waals surface area contributed by atoms with Crippen molar-refractivity contribution in [1.29, 1.82) is 0 Å². The van der Waals surface area contributed by atoms with Crippen molar-refractivity contribution in [1.82, 2.24) is 4.90 Å². The molecule has 30 heavy (non-hydrogen) atoms. The summed E-state index contributed by atoms with van der Waals surface area (Å²) in [6, 6.07) is 0. The number of nitrogens with one attached hydrogen (secondary N) is 1. The average Bonchev–Trinajstić information content (AvgIpc) is 3.04. The van der Waals surface area contributed by atoms with Gasteiger partial charge in [0.05, 0.1) is 6.54 Å². The molecule has 0 saturated carbocycles. The number of nitrogens with two attached hydrogens (primary N) is 2. The summed E-state index contributed by atoms with van der Waals surface area (Å²) in [5.41, 5.74) is 10.1. The molecule has 1 saturated heterocycles. The molecule has 0 aromatic rings. The predicted octanol–water partition coefficient (Wildman–Crippen LogP) is 2.38. The van der Waals surface area contributed by atoms with Gasteiger partial charge in [-0.3, -0.25) is 14.8 Å². The number of hydrogen-bond donors (Lipinski definition) is 4. The summed E-state index contributed by atoms with van der Waals surface area (Å²) in [5, 5.41) is 11.3. The Balaban J connectivity index is 1.63. The molecule has 0 bridgehead atoms. The van der Waals surface area contributed by atoms with Gasteiger partial charge in [0.2, 0.25) is 5.72 Å². The molecule has 6 heteroatoms. The van der Waals surface area contributed by atoms with Gasteiger partial charge in [0.1, 0.15) is 0 Å². The monoisotopic (exact) mass is 422 g/mol. The van der Waals surface area contributed by atoms with Crippen LogP contribution in [-0.4, -0.2) is 54.0 Å². The van der Waals surface area contributed by atoms with Gasteiger partial charge in [0.25, 0.3) is 0 Å². The molecule has 6 N–H and O–H groups in total. The zero-order valence-electron chi connectivity index (χ0n) is 19.6. The van der Waals surface area contributed by atoms with E-state index in [1.807, 2.05) is 0 Å². The number of fused-ring (bicyclic) bond motifs is 1. The molecule has 3 atom stereocenters. The van der Waals surface area contributed by atoms with Gasteiger partial charge in [0, 0.05) is 38.6 Å². The first-order valence-corrected chi connectivity index (χ1v) is 12.5. The largest absolute Gasteiger partial charge is 0.370 e. The summed E-state index contributed by atoms with van der Waals surface area (Å²) in [7, 11) is 0. The van der Waals surface area contributed by atoms with Gasteiger partial charge in [-0.15, -0.1) is 0 Å². The van der Waals surface area contributed by atoms with Crippen molar-refractivity contribution in [3.05, 3.63) is 12.2 Å². The number of guanidine groups is 1. The van der Waals surface area contributed by atoms with Crippen LogP contribution in [0.2, 0.25) is 0 Å². The minimum atomic E-state index is -0.658. The Morgan fingerprint density at radius 2 is 1.80 bits per heavy atom. The molecule has 0 spiro atoms. The van der Waals surface area contributed by atoms with Crippen LogP contribution in [0.5, 0.6) is 0 Å². The quantitative estimate of drug-likeness (QED) is 0.141. The van der Waals surface area contributed by atoms with Crippen LogP contribution in [0, 0.1) is 5.92 Å². The molecule has 2 rings (SSSR count). The van der Waals surface area contributed by atoms with E-state index in [0.29, 0.717) is 6.17 Å². The fourth-order valence-electron chi connectivity index (χ4n) is 5.01. The summed E-state index contributed by atoms with van der Waals surface area (Å²) in [5.74, 6) is 1.02. The lowest BCUT2D eigenvalue weighted by atomic mass is 10.0. The van der Waals surface area contributed by atoms with Crippen molar-refractivity contribution in [2.45, 2.75) is 103 Å². The number of rotatable bonds is 15. The second-order valence-corrected chi connectivity index (χ2v) is 9.81. The van der Waals surface area contributed by atoms with Gasteiger partial charge in [-0.05, 0) is 31.3 Å². The first kappa shape index (κ1) is 25.2. The average molecular weight is 423 g/mol. The van der Waals surface area contributed by atoms with Gasteiger partial charge < -0.3 is 16.6 Å². The molecule has 0 aromatic carbocycles. The number of quaternary nitrogens is 1. The third-order valence-electron chi connectivity index (χ3n) is 6.74. The van der Waals surface area contributed by atoms with Crippen molar-refractivity contribution in [3.8, 4) is 0 Å². The number of unbranched alkanes of at least 4 members (excludes halogenated alkanes) is 7. The summed E-state index contributed by atoms with van der Waals surface area (Å²) >= 11 is 0. The minimum absolute atomic E-state index is 0.187. The molecule has 2 aliphatic rings. The Labute approximate surface area is 184 Å². The van der Waals surface area contributed by atoms with E-state index in [1.165, 1.54) is 49.8 Å². The zero-order chi connectivity index (χ0) is 21.8. The van der Waals surface area contributed by atoms with E-state index in [0.717, 1.165) is 64.2 Å². The molecule has 0 amide bonds. The lowest BCUT2D eigenvalue weighted by Gasteiger charge is -2.42. The molecule has 0 aliphatic carbocycles. The molecule has 1 fully saturated rings. The van der Waals surface area contributed by atoms with E-state index in [9.17, 15) is 5.11 Å². The highest BCUT2D eigenvalue weighted by Crippen LogP contribution is 2.21. The van der Waals surface area contributed by atoms with Crippen LogP contribution in [0.3, 0.4) is 0 Å². The Hall–Kier alpha value is -1.11. The van der Waals surface area contributed by atoms with E-state index in [4.69, 9.17) is 11.5 Å². The van der Waals surface area contributed by atoms with Crippen LogP contribution in [0.25, 0.3) is 0 Å². The fraction of sp³-hybridized carbons (Fsp3) is 0.875. The standard InChI is InChI=1S/C24H47N5O/c1-21(2)13-8-5-3-4-6-9-15-24(30)16-14-22-28(19-12-20-29(22)24)18-11-7-10-17-27-23(25)26/h14,16,21-22,30H,3-13,15,17-20H2,1-2H3,(H4,25,26,27)/p+1. The summed E-state index contributed by atoms with van der Waals surface area (Å²) in [6.07, 6.45) is 19.2. The van der Waals surface area contributed by atoms with Crippen molar-refractivity contribution in [2.24, 2.45) is 22.4 Å². The molecular weight excluding hydrogens is 374 g/mol. The highest BCUT2D eigenvalue weighted by atomic mass is 16.3. The maximum atomic E-state index is 11.3. The highest BCUT2D eigenvalue weighted by Gasteiger charge is 2.48. The summed E-state index contributed by atoms with van der Waals surface area (Å²) < 4.78 is 0. The van der Waals surface area contributed by atoms with E-state index in [2.05, 4.69) is 35.9 Å². The van der Waals surface area contributed by atoms with E-state index < -0.39 is 5.72 Å². The van der Waals surface area contributed by atoms with Gasteiger partial charge in [0.15, 0.2) is 12.1 Å².